The molecule has 0 spiro atoms. The standard InChI is InChI=1S/C18H14N6O/c25-18(20-10-13-6-2-1-3-7-13)16-22-15-9-5-4-8-14(15)17(23-16)24-12-19-11-21-24/h1-9,11-12H,10H2,(H,20,25). The van der Waals surface area contributed by atoms with Crippen LogP contribution in [0.1, 0.15) is 16.2 Å². The monoisotopic (exact) mass is 330 g/mol. The molecule has 0 atom stereocenters. The van der Waals surface area contributed by atoms with E-state index in [1.54, 1.807) is 6.33 Å². The molecule has 7 heteroatoms. The molecular weight excluding hydrogens is 316 g/mol. The maximum atomic E-state index is 12.5. The minimum Gasteiger partial charge on any atom is -0.345 e. The molecule has 0 aliphatic carbocycles. The number of aromatic nitrogens is 5. The summed E-state index contributed by atoms with van der Waals surface area (Å²) in [5.41, 5.74) is 1.68. The van der Waals surface area contributed by atoms with Gasteiger partial charge in [-0.15, -0.1) is 0 Å². The molecule has 0 aliphatic rings. The number of carbonyl (C=O) groups is 1. The molecule has 0 unspecified atom stereocenters. The predicted octanol–water partition coefficient (Wildman–Crippen LogP) is 2.14. The summed E-state index contributed by atoms with van der Waals surface area (Å²) in [4.78, 5) is 25.2. The topological polar surface area (TPSA) is 85.6 Å². The molecule has 25 heavy (non-hydrogen) atoms. The van der Waals surface area contributed by atoms with Crippen molar-refractivity contribution in [3.63, 3.8) is 0 Å². The van der Waals surface area contributed by atoms with Crippen molar-refractivity contribution in [1.82, 2.24) is 30.0 Å². The van der Waals surface area contributed by atoms with Gasteiger partial charge in [-0.1, -0.05) is 42.5 Å². The Bertz CT molecular complexity index is 1010. The van der Waals surface area contributed by atoms with Crippen molar-refractivity contribution in [2.45, 2.75) is 6.54 Å². The number of rotatable bonds is 4. The first-order chi connectivity index (χ1) is 12.3. The summed E-state index contributed by atoms with van der Waals surface area (Å²) in [5.74, 6) is 0.282. The van der Waals surface area contributed by atoms with E-state index in [0.717, 1.165) is 10.9 Å². The van der Waals surface area contributed by atoms with Crippen LogP contribution >= 0.6 is 0 Å². The highest BCUT2D eigenvalue weighted by Crippen LogP contribution is 2.18. The summed E-state index contributed by atoms with van der Waals surface area (Å²) in [6.07, 6.45) is 2.96. The van der Waals surface area contributed by atoms with Gasteiger partial charge >= 0.3 is 0 Å². The summed E-state index contributed by atoms with van der Waals surface area (Å²) < 4.78 is 1.53. The first-order valence-corrected chi connectivity index (χ1v) is 7.75. The molecular formula is C18H14N6O. The molecule has 0 bridgehead atoms. The van der Waals surface area contributed by atoms with E-state index in [1.165, 1.54) is 11.0 Å². The number of hydrogen-bond acceptors (Lipinski definition) is 5. The van der Waals surface area contributed by atoms with Crippen molar-refractivity contribution in [1.29, 1.82) is 0 Å². The SMILES string of the molecule is O=C(NCc1ccccc1)c1nc(-n2cncn2)c2ccccc2n1. The van der Waals surface area contributed by atoms with Crippen molar-refractivity contribution in [3.05, 3.63) is 78.6 Å². The Morgan fingerprint density at radius 2 is 1.80 bits per heavy atom. The largest absolute Gasteiger partial charge is 0.345 e. The number of nitrogens with one attached hydrogen (secondary N) is 1. The Balaban J connectivity index is 1.69. The molecule has 4 aromatic rings. The smallest absolute Gasteiger partial charge is 0.289 e. The van der Waals surface area contributed by atoms with Gasteiger partial charge in [0.2, 0.25) is 5.82 Å². The van der Waals surface area contributed by atoms with Crippen LogP contribution in [0.5, 0.6) is 0 Å². The van der Waals surface area contributed by atoms with Crippen molar-refractivity contribution < 1.29 is 4.79 Å². The van der Waals surface area contributed by atoms with E-state index in [-0.39, 0.29) is 11.7 Å². The lowest BCUT2D eigenvalue weighted by Crippen LogP contribution is -2.25. The molecule has 1 amide bonds. The molecule has 2 aromatic heterocycles. The van der Waals surface area contributed by atoms with Gasteiger partial charge < -0.3 is 5.32 Å². The van der Waals surface area contributed by atoms with Crippen LogP contribution < -0.4 is 5.32 Å². The third-order valence-corrected chi connectivity index (χ3v) is 3.72. The number of amides is 1. The molecule has 0 saturated carbocycles. The molecule has 0 saturated heterocycles. The zero-order valence-electron chi connectivity index (χ0n) is 13.2. The van der Waals surface area contributed by atoms with E-state index < -0.39 is 0 Å². The van der Waals surface area contributed by atoms with Crippen LogP contribution in [0.2, 0.25) is 0 Å². The summed E-state index contributed by atoms with van der Waals surface area (Å²) in [5, 5.41) is 7.76. The average Bonchev–Trinajstić information content (AvgIpc) is 3.20. The number of benzene rings is 2. The summed E-state index contributed by atoms with van der Waals surface area (Å²) in [6, 6.07) is 17.2. The van der Waals surface area contributed by atoms with Crippen LogP contribution in [0, 0.1) is 0 Å². The fraction of sp³-hybridized carbons (Fsp3) is 0.0556. The van der Waals surface area contributed by atoms with Gasteiger partial charge in [-0.3, -0.25) is 4.79 Å². The normalized spacial score (nSPS) is 10.7. The third-order valence-electron chi connectivity index (χ3n) is 3.72. The molecule has 0 aliphatic heterocycles. The first-order valence-electron chi connectivity index (χ1n) is 7.75. The number of fused-ring (bicyclic) bond motifs is 1. The van der Waals surface area contributed by atoms with Crippen LogP contribution in [0.3, 0.4) is 0 Å². The molecule has 4 rings (SSSR count). The van der Waals surface area contributed by atoms with Crippen molar-refractivity contribution in [3.8, 4) is 5.82 Å². The second-order valence-corrected chi connectivity index (χ2v) is 5.40. The first kappa shape index (κ1) is 14.9. The van der Waals surface area contributed by atoms with Crippen molar-refractivity contribution in [2.24, 2.45) is 0 Å². The van der Waals surface area contributed by atoms with Crippen LogP contribution in [-0.4, -0.2) is 30.6 Å². The minimum absolute atomic E-state index is 0.0973. The van der Waals surface area contributed by atoms with Gasteiger partial charge in [-0.2, -0.15) is 5.10 Å². The molecule has 2 heterocycles. The zero-order chi connectivity index (χ0) is 17.1. The van der Waals surface area contributed by atoms with E-state index in [4.69, 9.17) is 0 Å². The van der Waals surface area contributed by atoms with Crippen LogP contribution in [0.4, 0.5) is 0 Å². The third kappa shape index (κ3) is 3.07. The zero-order valence-corrected chi connectivity index (χ0v) is 13.2. The quantitative estimate of drug-likeness (QED) is 0.619. The van der Waals surface area contributed by atoms with Gasteiger partial charge in [-0.25, -0.2) is 19.6 Å². The van der Waals surface area contributed by atoms with Crippen molar-refractivity contribution in [2.75, 3.05) is 0 Å². The van der Waals surface area contributed by atoms with E-state index >= 15 is 0 Å². The van der Waals surface area contributed by atoms with Crippen LogP contribution in [0.25, 0.3) is 16.7 Å². The van der Waals surface area contributed by atoms with E-state index in [1.807, 2.05) is 54.6 Å². The lowest BCUT2D eigenvalue weighted by molar-refractivity contribution is 0.0941. The number of para-hydroxylation sites is 1. The van der Waals surface area contributed by atoms with E-state index in [2.05, 4.69) is 25.4 Å². The van der Waals surface area contributed by atoms with Gasteiger partial charge in [0.1, 0.15) is 12.7 Å². The van der Waals surface area contributed by atoms with E-state index in [9.17, 15) is 4.79 Å². The molecule has 2 aromatic carbocycles. The van der Waals surface area contributed by atoms with Gasteiger partial charge in [0, 0.05) is 11.9 Å². The summed E-state index contributed by atoms with van der Waals surface area (Å²) in [6.45, 7) is 0.411. The van der Waals surface area contributed by atoms with Gasteiger partial charge in [0.15, 0.2) is 5.82 Å². The summed E-state index contributed by atoms with van der Waals surface area (Å²) in [7, 11) is 0. The minimum atomic E-state index is -0.337. The number of hydrogen-bond donors (Lipinski definition) is 1. The fourth-order valence-corrected chi connectivity index (χ4v) is 2.51. The van der Waals surface area contributed by atoms with Gasteiger partial charge in [0.25, 0.3) is 5.91 Å². The lowest BCUT2D eigenvalue weighted by atomic mass is 10.2. The van der Waals surface area contributed by atoms with Crippen LogP contribution in [0.15, 0.2) is 67.3 Å². The lowest BCUT2D eigenvalue weighted by Gasteiger charge is -2.09. The Hall–Kier alpha value is -3.61. The van der Waals surface area contributed by atoms with E-state index in [0.29, 0.717) is 17.9 Å². The average molecular weight is 330 g/mol. The predicted molar refractivity (Wildman–Crippen MR) is 92.1 cm³/mol. The number of nitrogens with zero attached hydrogens (tertiary/aromatic N) is 5. The second kappa shape index (κ2) is 6.48. The Morgan fingerprint density at radius 1 is 1.00 bits per heavy atom. The summed E-state index contributed by atoms with van der Waals surface area (Å²) >= 11 is 0. The van der Waals surface area contributed by atoms with Crippen molar-refractivity contribution >= 4 is 16.8 Å². The van der Waals surface area contributed by atoms with Gasteiger partial charge in [-0.05, 0) is 17.7 Å². The number of carbonyl (C=O) groups excluding carboxylic acids is 1. The Morgan fingerprint density at radius 3 is 2.60 bits per heavy atom. The highest BCUT2D eigenvalue weighted by Gasteiger charge is 2.15. The molecule has 0 radical (unpaired) electrons. The molecule has 7 nitrogen and oxygen atoms in total. The maximum absolute atomic E-state index is 12.5. The maximum Gasteiger partial charge on any atom is 0.289 e. The Kier molecular flexibility index (Phi) is 3.88. The second-order valence-electron chi connectivity index (χ2n) is 5.40. The molecule has 1 N–H and O–H groups in total. The Labute approximate surface area is 143 Å². The van der Waals surface area contributed by atoms with Crippen LogP contribution in [-0.2, 0) is 6.54 Å². The molecule has 0 fully saturated rings. The fourth-order valence-electron chi connectivity index (χ4n) is 2.51. The van der Waals surface area contributed by atoms with Gasteiger partial charge in [0.05, 0.1) is 5.52 Å². The highest BCUT2D eigenvalue weighted by atomic mass is 16.2. The molecule has 122 valence electrons. The highest BCUT2D eigenvalue weighted by molar-refractivity contribution is 5.94.